The molecule has 1 fully saturated rings. The SMILES string of the molecule is NCc1ccc(N2CCCC2)cc1Br. The van der Waals surface area contributed by atoms with Crippen LogP contribution < -0.4 is 10.6 Å². The summed E-state index contributed by atoms with van der Waals surface area (Å²) in [4.78, 5) is 2.42. The van der Waals surface area contributed by atoms with Gasteiger partial charge in [-0.2, -0.15) is 0 Å². The maximum absolute atomic E-state index is 5.61. The highest BCUT2D eigenvalue weighted by Gasteiger charge is 2.12. The van der Waals surface area contributed by atoms with Crippen LogP contribution in [-0.2, 0) is 6.54 Å². The third-order valence-corrected chi connectivity index (χ3v) is 3.47. The minimum atomic E-state index is 0.598. The van der Waals surface area contributed by atoms with E-state index in [0.29, 0.717) is 6.54 Å². The van der Waals surface area contributed by atoms with Gasteiger partial charge in [-0.05, 0) is 30.5 Å². The summed E-state index contributed by atoms with van der Waals surface area (Å²) < 4.78 is 1.13. The first kappa shape index (κ1) is 9.99. The van der Waals surface area contributed by atoms with Gasteiger partial charge in [-0.3, -0.25) is 0 Å². The van der Waals surface area contributed by atoms with Gasteiger partial charge in [-0.25, -0.2) is 0 Å². The molecule has 0 amide bonds. The fourth-order valence-corrected chi connectivity index (χ4v) is 2.40. The Hall–Kier alpha value is -0.540. The fourth-order valence-electron chi connectivity index (χ4n) is 1.87. The lowest BCUT2D eigenvalue weighted by molar-refractivity contribution is 0.949. The number of hydrogen-bond acceptors (Lipinski definition) is 2. The maximum Gasteiger partial charge on any atom is 0.0377 e. The van der Waals surface area contributed by atoms with Crippen LogP contribution in [0.5, 0.6) is 0 Å². The van der Waals surface area contributed by atoms with E-state index in [1.54, 1.807) is 0 Å². The molecular formula is C11H15BrN2. The molecule has 1 aromatic rings. The second-order valence-electron chi connectivity index (χ2n) is 3.67. The molecule has 1 heterocycles. The summed E-state index contributed by atoms with van der Waals surface area (Å²) in [7, 11) is 0. The van der Waals surface area contributed by atoms with Gasteiger partial charge in [-0.1, -0.05) is 22.0 Å². The molecule has 0 radical (unpaired) electrons. The Kier molecular flexibility index (Phi) is 3.08. The minimum Gasteiger partial charge on any atom is -0.372 e. The number of halogens is 1. The van der Waals surface area contributed by atoms with Gasteiger partial charge < -0.3 is 10.6 Å². The first-order valence-corrected chi connectivity index (χ1v) is 5.84. The number of nitrogens with two attached hydrogens (primary N) is 1. The Morgan fingerprint density at radius 2 is 2.00 bits per heavy atom. The summed E-state index contributed by atoms with van der Waals surface area (Å²) in [6.45, 7) is 2.98. The Bertz CT molecular complexity index is 319. The zero-order valence-electron chi connectivity index (χ0n) is 8.17. The van der Waals surface area contributed by atoms with Gasteiger partial charge in [0, 0.05) is 29.8 Å². The monoisotopic (exact) mass is 254 g/mol. The number of nitrogens with zero attached hydrogens (tertiary/aromatic N) is 1. The first-order chi connectivity index (χ1) is 6.81. The van der Waals surface area contributed by atoms with Crippen LogP contribution in [0.25, 0.3) is 0 Å². The predicted octanol–water partition coefficient (Wildman–Crippen LogP) is 2.51. The molecule has 1 aliphatic heterocycles. The van der Waals surface area contributed by atoms with Gasteiger partial charge in [0.25, 0.3) is 0 Å². The summed E-state index contributed by atoms with van der Waals surface area (Å²) in [6.07, 6.45) is 2.63. The highest BCUT2D eigenvalue weighted by atomic mass is 79.9. The third kappa shape index (κ3) is 1.93. The van der Waals surface area contributed by atoms with E-state index in [9.17, 15) is 0 Å². The van der Waals surface area contributed by atoms with Gasteiger partial charge in [0.15, 0.2) is 0 Å². The Balaban J connectivity index is 2.23. The molecule has 0 aromatic heterocycles. The zero-order chi connectivity index (χ0) is 9.97. The smallest absolute Gasteiger partial charge is 0.0377 e. The van der Waals surface area contributed by atoms with E-state index < -0.39 is 0 Å². The average molecular weight is 255 g/mol. The van der Waals surface area contributed by atoms with Crippen molar-refractivity contribution in [2.75, 3.05) is 18.0 Å². The van der Waals surface area contributed by atoms with E-state index in [-0.39, 0.29) is 0 Å². The van der Waals surface area contributed by atoms with Crippen LogP contribution in [0.1, 0.15) is 18.4 Å². The van der Waals surface area contributed by atoms with Crippen molar-refractivity contribution in [3.8, 4) is 0 Å². The van der Waals surface area contributed by atoms with Crippen LogP contribution in [-0.4, -0.2) is 13.1 Å². The molecule has 76 valence electrons. The topological polar surface area (TPSA) is 29.3 Å². The molecule has 0 spiro atoms. The Morgan fingerprint density at radius 3 is 2.57 bits per heavy atom. The van der Waals surface area contributed by atoms with Crippen molar-refractivity contribution < 1.29 is 0 Å². The van der Waals surface area contributed by atoms with Gasteiger partial charge >= 0.3 is 0 Å². The third-order valence-electron chi connectivity index (χ3n) is 2.73. The Labute approximate surface area is 93.2 Å². The van der Waals surface area contributed by atoms with E-state index in [1.807, 2.05) is 0 Å². The number of benzene rings is 1. The number of anilines is 1. The highest BCUT2D eigenvalue weighted by molar-refractivity contribution is 9.10. The van der Waals surface area contributed by atoms with Gasteiger partial charge in [0.1, 0.15) is 0 Å². The standard InChI is InChI=1S/C11H15BrN2/c12-11-7-10(4-3-9(11)8-13)14-5-1-2-6-14/h3-4,7H,1-2,5-6,8,13H2. The number of rotatable bonds is 2. The minimum absolute atomic E-state index is 0.598. The summed E-state index contributed by atoms with van der Waals surface area (Å²) in [6, 6.07) is 6.45. The van der Waals surface area contributed by atoms with Gasteiger partial charge in [0.2, 0.25) is 0 Å². The van der Waals surface area contributed by atoms with Crippen LogP contribution in [0.4, 0.5) is 5.69 Å². The molecule has 0 aliphatic carbocycles. The second kappa shape index (κ2) is 4.32. The molecule has 0 unspecified atom stereocenters. The molecule has 2 rings (SSSR count). The molecule has 1 saturated heterocycles. The van der Waals surface area contributed by atoms with Crippen LogP contribution in [0.15, 0.2) is 22.7 Å². The summed E-state index contributed by atoms with van der Waals surface area (Å²) >= 11 is 3.55. The van der Waals surface area contributed by atoms with Gasteiger partial charge in [0.05, 0.1) is 0 Å². The van der Waals surface area contributed by atoms with Crippen LogP contribution in [0.3, 0.4) is 0 Å². The van der Waals surface area contributed by atoms with E-state index in [2.05, 4.69) is 39.0 Å². The van der Waals surface area contributed by atoms with E-state index in [1.165, 1.54) is 37.2 Å². The van der Waals surface area contributed by atoms with Crippen LogP contribution >= 0.6 is 15.9 Å². The molecule has 1 aliphatic rings. The highest BCUT2D eigenvalue weighted by Crippen LogP contribution is 2.26. The molecule has 2 N–H and O–H groups in total. The van der Waals surface area contributed by atoms with Crippen LogP contribution in [0, 0.1) is 0 Å². The molecule has 0 bridgehead atoms. The van der Waals surface area contributed by atoms with Crippen molar-refractivity contribution in [1.29, 1.82) is 0 Å². The van der Waals surface area contributed by atoms with Crippen molar-refractivity contribution in [1.82, 2.24) is 0 Å². The average Bonchev–Trinajstić information content (AvgIpc) is 2.70. The fraction of sp³-hybridized carbons (Fsp3) is 0.455. The molecule has 3 heteroatoms. The predicted molar refractivity (Wildman–Crippen MR) is 63.5 cm³/mol. The lowest BCUT2D eigenvalue weighted by atomic mass is 10.2. The van der Waals surface area contributed by atoms with Crippen molar-refractivity contribution in [2.24, 2.45) is 5.73 Å². The second-order valence-corrected chi connectivity index (χ2v) is 4.53. The normalized spacial score (nSPS) is 16.3. The van der Waals surface area contributed by atoms with Crippen molar-refractivity contribution in [3.05, 3.63) is 28.2 Å². The lowest BCUT2D eigenvalue weighted by Crippen LogP contribution is -2.17. The Morgan fingerprint density at radius 1 is 1.29 bits per heavy atom. The molecule has 0 saturated carbocycles. The molecule has 1 aromatic carbocycles. The van der Waals surface area contributed by atoms with E-state index in [4.69, 9.17) is 5.73 Å². The summed E-state index contributed by atoms with van der Waals surface area (Å²) in [5, 5.41) is 0. The lowest BCUT2D eigenvalue weighted by Gasteiger charge is -2.18. The largest absolute Gasteiger partial charge is 0.372 e. The summed E-state index contributed by atoms with van der Waals surface area (Å²) in [5.74, 6) is 0. The van der Waals surface area contributed by atoms with Crippen molar-refractivity contribution >= 4 is 21.6 Å². The quantitative estimate of drug-likeness (QED) is 0.879. The van der Waals surface area contributed by atoms with E-state index in [0.717, 1.165) is 4.47 Å². The first-order valence-electron chi connectivity index (χ1n) is 5.04. The summed E-state index contributed by atoms with van der Waals surface area (Å²) in [5.41, 5.74) is 8.10. The molecule has 0 atom stereocenters. The zero-order valence-corrected chi connectivity index (χ0v) is 9.76. The molecular weight excluding hydrogens is 240 g/mol. The van der Waals surface area contributed by atoms with Crippen LogP contribution in [0.2, 0.25) is 0 Å². The maximum atomic E-state index is 5.61. The van der Waals surface area contributed by atoms with E-state index >= 15 is 0 Å². The molecule has 14 heavy (non-hydrogen) atoms. The van der Waals surface area contributed by atoms with Crippen molar-refractivity contribution in [3.63, 3.8) is 0 Å². The van der Waals surface area contributed by atoms with Gasteiger partial charge in [-0.15, -0.1) is 0 Å². The number of hydrogen-bond donors (Lipinski definition) is 1. The molecule has 2 nitrogen and oxygen atoms in total. The van der Waals surface area contributed by atoms with Crippen molar-refractivity contribution in [2.45, 2.75) is 19.4 Å².